The van der Waals surface area contributed by atoms with Gasteiger partial charge in [0.25, 0.3) is 0 Å². The molecule has 118 valence electrons. The lowest BCUT2D eigenvalue weighted by atomic mass is 9.90. The van der Waals surface area contributed by atoms with Crippen molar-refractivity contribution in [3.05, 3.63) is 0 Å². The average Bonchev–Trinajstić information content (AvgIpc) is 2.42. The van der Waals surface area contributed by atoms with Crippen LogP contribution in [0.15, 0.2) is 0 Å². The molecule has 0 bridgehead atoms. The summed E-state index contributed by atoms with van der Waals surface area (Å²) >= 11 is 0. The fourth-order valence-electron chi connectivity index (χ4n) is 1.09. The Morgan fingerprint density at radius 1 is 1.00 bits per heavy atom. The molecule has 0 fully saturated rings. The number of aliphatic hydroxyl groups excluding tert-OH is 1. The maximum atomic E-state index is 11.9. The van der Waals surface area contributed by atoms with E-state index < -0.39 is 22.9 Å². The van der Waals surface area contributed by atoms with Gasteiger partial charge in [0.15, 0.2) is 6.10 Å². The summed E-state index contributed by atoms with van der Waals surface area (Å²) in [4.78, 5) is 23.7. The molecule has 0 heterocycles. The monoisotopic (exact) mass is 288 g/mol. The van der Waals surface area contributed by atoms with Gasteiger partial charge in [0, 0.05) is 0 Å². The van der Waals surface area contributed by atoms with Gasteiger partial charge in [-0.2, -0.15) is 0 Å². The minimum Gasteiger partial charge on any atom is -0.461 e. The zero-order valence-electron chi connectivity index (χ0n) is 13.5. The van der Waals surface area contributed by atoms with Gasteiger partial charge in [-0.1, -0.05) is 13.8 Å². The van der Waals surface area contributed by atoms with Crippen molar-refractivity contribution in [3.63, 3.8) is 0 Å². The Balaban J connectivity index is 4.45. The Morgan fingerprint density at radius 2 is 1.45 bits per heavy atom. The maximum absolute atomic E-state index is 11.9. The first-order valence-electron chi connectivity index (χ1n) is 7.09. The molecule has 5 heteroatoms. The highest BCUT2D eigenvalue weighted by Crippen LogP contribution is 2.23. The predicted octanol–water partition coefficient (Wildman–Crippen LogP) is 2.31. The Hall–Kier alpha value is -1.10. The second-order valence-corrected chi connectivity index (χ2v) is 6.28. The maximum Gasteiger partial charge on any atom is 0.311 e. The first-order chi connectivity index (χ1) is 9.10. The normalized spacial score (nSPS) is 13.8. The Morgan fingerprint density at radius 3 is 1.85 bits per heavy atom. The van der Waals surface area contributed by atoms with E-state index in [1.807, 2.05) is 13.8 Å². The van der Waals surface area contributed by atoms with Crippen LogP contribution in [-0.4, -0.2) is 36.4 Å². The molecule has 0 amide bonds. The van der Waals surface area contributed by atoms with Crippen LogP contribution in [0, 0.1) is 10.8 Å². The molecule has 0 aromatic carbocycles. The number of esters is 2. The second kappa shape index (κ2) is 7.62. The van der Waals surface area contributed by atoms with Crippen LogP contribution in [0.1, 0.15) is 54.4 Å². The molecular formula is C15H28O5. The van der Waals surface area contributed by atoms with Crippen LogP contribution in [0.2, 0.25) is 0 Å². The zero-order valence-corrected chi connectivity index (χ0v) is 13.5. The summed E-state index contributed by atoms with van der Waals surface area (Å²) in [5.74, 6) is -0.755. The van der Waals surface area contributed by atoms with Crippen LogP contribution >= 0.6 is 0 Å². The Bertz CT molecular complexity index is 333. The van der Waals surface area contributed by atoms with Crippen molar-refractivity contribution in [1.82, 2.24) is 0 Å². The minimum atomic E-state index is -0.815. The fraction of sp³-hybridized carbons (Fsp3) is 0.867. The highest BCUT2D eigenvalue weighted by atomic mass is 16.6. The molecule has 20 heavy (non-hydrogen) atoms. The van der Waals surface area contributed by atoms with Crippen LogP contribution < -0.4 is 0 Å². The van der Waals surface area contributed by atoms with Gasteiger partial charge in [-0.3, -0.25) is 9.59 Å². The molecule has 0 aliphatic carbocycles. The van der Waals surface area contributed by atoms with Crippen LogP contribution in [0.25, 0.3) is 0 Å². The first kappa shape index (κ1) is 18.9. The SMILES string of the molecule is CCC(C)(C)C(=O)OCC(CO)OC(=O)C(C)(C)CC. The second-order valence-electron chi connectivity index (χ2n) is 6.28. The fourth-order valence-corrected chi connectivity index (χ4v) is 1.09. The molecule has 0 aliphatic rings. The Kier molecular flexibility index (Phi) is 7.20. The van der Waals surface area contributed by atoms with E-state index in [1.54, 1.807) is 27.7 Å². The minimum absolute atomic E-state index is 0.121. The van der Waals surface area contributed by atoms with Crippen molar-refractivity contribution in [2.24, 2.45) is 10.8 Å². The molecule has 1 N–H and O–H groups in total. The van der Waals surface area contributed by atoms with E-state index in [2.05, 4.69) is 0 Å². The van der Waals surface area contributed by atoms with Gasteiger partial charge in [0.05, 0.1) is 17.4 Å². The molecule has 1 unspecified atom stereocenters. The van der Waals surface area contributed by atoms with Crippen LogP contribution in [-0.2, 0) is 19.1 Å². The third-order valence-electron chi connectivity index (χ3n) is 3.75. The summed E-state index contributed by atoms with van der Waals surface area (Å²) in [6.45, 7) is 10.4. The third kappa shape index (κ3) is 5.49. The number of hydrogen-bond donors (Lipinski definition) is 1. The summed E-state index contributed by atoms with van der Waals surface area (Å²) in [5, 5.41) is 9.22. The zero-order chi connectivity index (χ0) is 16.0. The molecule has 1 atom stereocenters. The number of ether oxygens (including phenoxy) is 2. The van der Waals surface area contributed by atoms with Crippen molar-refractivity contribution in [2.75, 3.05) is 13.2 Å². The van der Waals surface area contributed by atoms with E-state index in [1.165, 1.54) is 0 Å². The highest BCUT2D eigenvalue weighted by molar-refractivity contribution is 5.76. The van der Waals surface area contributed by atoms with Gasteiger partial charge in [-0.25, -0.2) is 0 Å². The number of carbonyl (C=O) groups excluding carboxylic acids is 2. The van der Waals surface area contributed by atoms with Gasteiger partial charge in [0.1, 0.15) is 6.61 Å². The average molecular weight is 288 g/mol. The van der Waals surface area contributed by atoms with Gasteiger partial charge < -0.3 is 14.6 Å². The molecule has 0 aromatic rings. The van der Waals surface area contributed by atoms with Gasteiger partial charge in [0.2, 0.25) is 0 Å². The quantitative estimate of drug-likeness (QED) is 0.694. The highest BCUT2D eigenvalue weighted by Gasteiger charge is 2.31. The summed E-state index contributed by atoms with van der Waals surface area (Å²) in [7, 11) is 0. The molecular weight excluding hydrogens is 260 g/mol. The van der Waals surface area contributed by atoms with Crippen molar-refractivity contribution in [3.8, 4) is 0 Å². The summed E-state index contributed by atoms with van der Waals surface area (Å²) in [6, 6.07) is 0. The molecule has 0 spiro atoms. The lowest BCUT2D eigenvalue weighted by Gasteiger charge is -2.26. The topological polar surface area (TPSA) is 72.8 Å². The van der Waals surface area contributed by atoms with Crippen molar-refractivity contribution >= 4 is 11.9 Å². The number of carbonyl (C=O) groups is 2. The third-order valence-corrected chi connectivity index (χ3v) is 3.75. The van der Waals surface area contributed by atoms with Crippen LogP contribution in [0.4, 0.5) is 0 Å². The van der Waals surface area contributed by atoms with Gasteiger partial charge >= 0.3 is 11.9 Å². The molecule has 5 nitrogen and oxygen atoms in total. The van der Waals surface area contributed by atoms with Crippen LogP contribution in [0.3, 0.4) is 0 Å². The smallest absolute Gasteiger partial charge is 0.311 e. The molecule has 0 saturated carbocycles. The molecule has 0 aromatic heterocycles. The van der Waals surface area contributed by atoms with E-state index in [0.717, 1.165) is 0 Å². The predicted molar refractivity (Wildman–Crippen MR) is 76.1 cm³/mol. The standard InChI is InChI=1S/C15H28O5/c1-7-14(3,4)12(17)19-10-11(9-16)20-13(18)15(5,6)8-2/h11,16H,7-10H2,1-6H3. The number of aliphatic hydroxyl groups is 1. The van der Waals surface area contributed by atoms with E-state index in [9.17, 15) is 14.7 Å². The lowest BCUT2D eigenvalue weighted by molar-refractivity contribution is -0.172. The lowest BCUT2D eigenvalue weighted by Crippen LogP contribution is -2.36. The van der Waals surface area contributed by atoms with E-state index >= 15 is 0 Å². The van der Waals surface area contributed by atoms with Crippen molar-refractivity contribution < 1.29 is 24.2 Å². The summed E-state index contributed by atoms with van der Waals surface area (Å²) < 4.78 is 10.3. The number of rotatable bonds is 8. The first-order valence-corrected chi connectivity index (χ1v) is 7.09. The van der Waals surface area contributed by atoms with Crippen molar-refractivity contribution in [2.45, 2.75) is 60.5 Å². The van der Waals surface area contributed by atoms with E-state index in [0.29, 0.717) is 12.8 Å². The van der Waals surface area contributed by atoms with Gasteiger partial charge in [-0.05, 0) is 40.5 Å². The molecule has 0 saturated heterocycles. The Labute approximate surface area is 121 Å². The van der Waals surface area contributed by atoms with E-state index in [-0.39, 0.29) is 19.2 Å². The number of hydrogen-bond acceptors (Lipinski definition) is 5. The van der Waals surface area contributed by atoms with E-state index in [4.69, 9.17) is 9.47 Å². The van der Waals surface area contributed by atoms with Crippen molar-refractivity contribution in [1.29, 1.82) is 0 Å². The summed E-state index contributed by atoms with van der Waals surface area (Å²) in [5.41, 5.74) is -1.19. The largest absolute Gasteiger partial charge is 0.461 e. The molecule has 0 radical (unpaired) electrons. The summed E-state index contributed by atoms with van der Waals surface area (Å²) in [6.07, 6.45) is 0.468. The molecule has 0 rings (SSSR count). The van der Waals surface area contributed by atoms with Crippen LogP contribution in [0.5, 0.6) is 0 Å². The molecule has 0 aliphatic heterocycles. The van der Waals surface area contributed by atoms with Gasteiger partial charge in [-0.15, -0.1) is 0 Å².